The maximum Gasteiger partial charge on any atom is 0.260 e. The number of fused-ring (bicyclic) bond motifs is 3. The van der Waals surface area contributed by atoms with Crippen molar-refractivity contribution in [1.29, 1.82) is 0 Å². The van der Waals surface area contributed by atoms with E-state index < -0.39 is 0 Å². The number of benzene rings is 1. The molecule has 4 heterocycles. The van der Waals surface area contributed by atoms with Crippen LogP contribution in [0.15, 0.2) is 29.3 Å². The predicted molar refractivity (Wildman–Crippen MR) is 95.6 cm³/mol. The molecule has 2 saturated heterocycles. The number of rotatable bonds is 1. The van der Waals surface area contributed by atoms with Crippen LogP contribution in [0.4, 0.5) is 5.69 Å². The van der Waals surface area contributed by atoms with E-state index in [0.29, 0.717) is 16.4 Å². The molecule has 0 unspecified atom stereocenters. The number of piperidine rings is 1. The lowest BCUT2D eigenvalue weighted by Crippen LogP contribution is -2.41. The number of H-pyrrole nitrogens is 2. The third-order valence-corrected chi connectivity index (χ3v) is 5.90. The van der Waals surface area contributed by atoms with Gasteiger partial charge in [-0.3, -0.25) is 4.79 Å². The fourth-order valence-electron chi connectivity index (χ4n) is 4.38. The van der Waals surface area contributed by atoms with E-state index in [1.165, 1.54) is 44.4 Å². The number of hydrogen-bond acceptors (Lipinski definition) is 4. The molecule has 124 valence electrons. The van der Waals surface area contributed by atoms with Crippen molar-refractivity contribution in [3.63, 3.8) is 0 Å². The Morgan fingerprint density at radius 3 is 2.83 bits per heavy atom. The average molecular weight is 323 g/mol. The molecule has 2 fully saturated rings. The number of aromatic nitrogens is 3. The van der Waals surface area contributed by atoms with Crippen LogP contribution in [0.5, 0.6) is 0 Å². The number of nitrogens with one attached hydrogen (secondary N) is 3. The summed E-state index contributed by atoms with van der Waals surface area (Å²) in [5, 5.41) is 5.11. The van der Waals surface area contributed by atoms with Gasteiger partial charge in [-0.25, -0.2) is 4.98 Å². The van der Waals surface area contributed by atoms with Crippen LogP contribution in [0.3, 0.4) is 0 Å². The summed E-state index contributed by atoms with van der Waals surface area (Å²) in [4.78, 5) is 24.7. The molecule has 1 aromatic carbocycles. The molecule has 3 N–H and O–H groups in total. The Balaban J connectivity index is 1.49. The van der Waals surface area contributed by atoms with Gasteiger partial charge in [-0.15, -0.1) is 0 Å². The second kappa shape index (κ2) is 5.08. The summed E-state index contributed by atoms with van der Waals surface area (Å²) in [5.41, 5.74) is 3.30. The summed E-state index contributed by atoms with van der Waals surface area (Å²) < 4.78 is 0. The molecular weight excluding hydrogens is 302 g/mol. The first-order valence-corrected chi connectivity index (χ1v) is 8.69. The predicted octanol–water partition coefficient (Wildman–Crippen LogP) is 1.98. The van der Waals surface area contributed by atoms with E-state index in [4.69, 9.17) is 0 Å². The zero-order chi connectivity index (χ0) is 16.1. The summed E-state index contributed by atoms with van der Waals surface area (Å²) in [5.74, 6) is 0. The summed E-state index contributed by atoms with van der Waals surface area (Å²) in [7, 11) is 0. The van der Waals surface area contributed by atoms with E-state index >= 15 is 0 Å². The van der Waals surface area contributed by atoms with Gasteiger partial charge in [0.1, 0.15) is 5.65 Å². The molecule has 0 atom stereocenters. The normalized spacial score (nSPS) is 20.4. The van der Waals surface area contributed by atoms with Crippen molar-refractivity contribution in [2.45, 2.75) is 19.3 Å². The lowest BCUT2D eigenvalue weighted by Gasteiger charge is -2.40. The van der Waals surface area contributed by atoms with Gasteiger partial charge in [-0.05, 0) is 49.4 Å². The summed E-state index contributed by atoms with van der Waals surface area (Å²) in [6, 6.07) is 6.33. The smallest absolute Gasteiger partial charge is 0.260 e. The molecule has 0 bridgehead atoms. The van der Waals surface area contributed by atoms with Crippen LogP contribution < -0.4 is 15.8 Å². The van der Waals surface area contributed by atoms with Crippen LogP contribution in [0.1, 0.15) is 19.3 Å². The monoisotopic (exact) mass is 323 g/mol. The van der Waals surface area contributed by atoms with Gasteiger partial charge >= 0.3 is 0 Å². The Morgan fingerprint density at radius 1 is 1.17 bits per heavy atom. The highest BCUT2D eigenvalue weighted by molar-refractivity contribution is 6.06. The molecule has 2 aliphatic heterocycles. The van der Waals surface area contributed by atoms with Gasteiger partial charge < -0.3 is 20.2 Å². The van der Waals surface area contributed by atoms with Gasteiger partial charge in [0.2, 0.25) is 0 Å². The topological polar surface area (TPSA) is 76.8 Å². The molecule has 2 aromatic heterocycles. The van der Waals surface area contributed by atoms with Crippen molar-refractivity contribution >= 4 is 27.6 Å². The van der Waals surface area contributed by atoms with Crippen molar-refractivity contribution in [2.24, 2.45) is 5.41 Å². The zero-order valence-corrected chi connectivity index (χ0v) is 13.6. The summed E-state index contributed by atoms with van der Waals surface area (Å²) in [6.07, 6.45) is 5.27. The maximum absolute atomic E-state index is 12.1. The van der Waals surface area contributed by atoms with Crippen molar-refractivity contribution < 1.29 is 0 Å². The molecule has 24 heavy (non-hydrogen) atoms. The lowest BCUT2D eigenvalue weighted by atomic mass is 9.78. The molecular formula is C18H21N5O. The lowest BCUT2D eigenvalue weighted by molar-refractivity contribution is 0.247. The van der Waals surface area contributed by atoms with Crippen LogP contribution in [0.25, 0.3) is 21.9 Å². The van der Waals surface area contributed by atoms with E-state index in [1.54, 1.807) is 0 Å². The minimum Gasteiger partial charge on any atom is -0.371 e. The highest BCUT2D eigenvalue weighted by Crippen LogP contribution is 2.38. The van der Waals surface area contributed by atoms with Crippen molar-refractivity contribution in [1.82, 2.24) is 20.3 Å². The molecule has 5 rings (SSSR count). The first kappa shape index (κ1) is 14.0. The van der Waals surface area contributed by atoms with Crippen LogP contribution in [-0.4, -0.2) is 41.1 Å². The number of nitrogens with zero attached hydrogens (tertiary/aromatic N) is 2. The van der Waals surface area contributed by atoms with E-state index in [-0.39, 0.29) is 5.56 Å². The minimum atomic E-state index is -0.0901. The SMILES string of the molecule is O=c1[nH]cnc2[nH]c3cc(N4CCC5(CCNC5)CC4)ccc3c12. The Hall–Kier alpha value is -2.34. The molecule has 1 spiro atoms. The summed E-state index contributed by atoms with van der Waals surface area (Å²) in [6.45, 7) is 4.55. The molecule has 6 heteroatoms. The first-order valence-electron chi connectivity index (χ1n) is 8.69. The molecule has 0 amide bonds. The molecule has 0 aliphatic carbocycles. The second-order valence-corrected chi connectivity index (χ2v) is 7.22. The largest absolute Gasteiger partial charge is 0.371 e. The summed E-state index contributed by atoms with van der Waals surface area (Å²) >= 11 is 0. The highest BCUT2D eigenvalue weighted by Gasteiger charge is 2.37. The standard InChI is InChI=1S/C18H21N5O/c24-17-15-13-2-1-12(9-14(13)22-16(15)20-11-21-17)23-7-4-18(5-8-23)3-6-19-10-18/h1-2,9,11,19H,3-8,10H2,(H2,20,21,22,24). The molecule has 0 radical (unpaired) electrons. The van der Waals surface area contributed by atoms with Crippen molar-refractivity contribution in [3.05, 3.63) is 34.9 Å². The maximum atomic E-state index is 12.1. The van der Waals surface area contributed by atoms with Gasteiger partial charge in [-0.2, -0.15) is 0 Å². The van der Waals surface area contributed by atoms with Crippen LogP contribution in [0.2, 0.25) is 0 Å². The fourth-order valence-corrected chi connectivity index (χ4v) is 4.38. The molecule has 2 aliphatic rings. The number of anilines is 1. The van der Waals surface area contributed by atoms with Crippen LogP contribution in [-0.2, 0) is 0 Å². The van der Waals surface area contributed by atoms with Gasteiger partial charge in [0.25, 0.3) is 5.56 Å². The van der Waals surface area contributed by atoms with E-state index in [2.05, 4.69) is 37.3 Å². The van der Waals surface area contributed by atoms with Gasteiger partial charge in [0.05, 0.1) is 11.7 Å². The number of aromatic amines is 2. The third-order valence-electron chi connectivity index (χ3n) is 5.90. The first-order chi connectivity index (χ1) is 11.7. The average Bonchev–Trinajstić information content (AvgIpc) is 3.20. The van der Waals surface area contributed by atoms with Gasteiger partial charge in [0.15, 0.2) is 0 Å². The van der Waals surface area contributed by atoms with Crippen LogP contribution in [0, 0.1) is 5.41 Å². The second-order valence-electron chi connectivity index (χ2n) is 7.22. The van der Waals surface area contributed by atoms with Crippen LogP contribution >= 0.6 is 0 Å². The Kier molecular flexibility index (Phi) is 2.97. The van der Waals surface area contributed by atoms with Crippen molar-refractivity contribution in [2.75, 3.05) is 31.1 Å². The van der Waals surface area contributed by atoms with E-state index in [1.807, 2.05) is 6.07 Å². The Labute approximate surface area is 139 Å². The third kappa shape index (κ3) is 2.06. The van der Waals surface area contributed by atoms with E-state index in [0.717, 1.165) is 24.0 Å². The van der Waals surface area contributed by atoms with Crippen molar-refractivity contribution in [3.8, 4) is 0 Å². The Morgan fingerprint density at radius 2 is 2.04 bits per heavy atom. The fraction of sp³-hybridized carbons (Fsp3) is 0.444. The molecule has 6 nitrogen and oxygen atoms in total. The highest BCUT2D eigenvalue weighted by atomic mass is 16.1. The quantitative estimate of drug-likeness (QED) is 0.640. The van der Waals surface area contributed by atoms with E-state index in [9.17, 15) is 4.79 Å². The molecule has 3 aromatic rings. The molecule has 0 saturated carbocycles. The van der Waals surface area contributed by atoms with Gasteiger partial charge in [0, 0.05) is 36.2 Å². The van der Waals surface area contributed by atoms with Gasteiger partial charge in [-0.1, -0.05) is 0 Å². The minimum absolute atomic E-state index is 0.0901. The zero-order valence-electron chi connectivity index (χ0n) is 13.6. The number of hydrogen-bond donors (Lipinski definition) is 3. The Bertz CT molecular complexity index is 956.